The molecule has 0 saturated heterocycles. The predicted molar refractivity (Wildman–Crippen MR) is 104 cm³/mol. The van der Waals surface area contributed by atoms with Crippen LogP contribution in [-0.2, 0) is 6.54 Å². The molecule has 6 heteroatoms. The van der Waals surface area contributed by atoms with Crippen LogP contribution in [0.5, 0.6) is 5.75 Å². The molecule has 0 bridgehead atoms. The molecule has 0 aliphatic rings. The number of benzene rings is 2. The van der Waals surface area contributed by atoms with E-state index in [9.17, 15) is 4.79 Å². The number of aromatic nitrogens is 1. The maximum Gasteiger partial charge on any atom is 0.256 e. The molecule has 5 nitrogen and oxygen atoms in total. The number of anilines is 2. The van der Waals surface area contributed by atoms with Gasteiger partial charge in [0.05, 0.1) is 19.0 Å². The lowest BCUT2D eigenvalue weighted by Gasteiger charge is -2.11. The monoisotopic (exact) mass is 367 g/mol. The van der Waals surface area contributed by atoms with Gasteiger partial charge < -0.3 is 15.4 Å². The first kappa shape index (κ1) is 17.8. The van der Waals surface area contributed by atoms with E-state index < -0.39 is 0 Å². The average Bonchev–Trinajstić information content (AvgIpc) is 2.67. The first-order valence-electron chi connectivity index (χ1n) is 8.04. The van der Waals surface area contributed by atoms with Crippen LogP contribution in [0.2, 0.25) is 5.02 Å². The van der Waals surface area contributed by atoms with Gasteiger partial charge in [0.1, 0.15) is 11.6 Å². The molecule has 0 unspecified atom stereocenters. The fourth-order valence-corrected chi connectivity index (χ4v) is 2.63. The largest absolute Gasteiger partial charge is 0.496 e. The number of pyridine rings is 1. The van der Waals surface area contributed by atoms with Crippen molar-refractivity contribution >= 4 is 29.0 Å². The number of rotatable bonds is 6. The molecule has 2 N–H and O–H groups in total. The quantitative estimate of drug-likeness (QED) is 0.668. The number of amides is 1. The van der Waals surface area contributed by atoms with Crippen LogP contribution >= 0.6 is 11.6 Å². The Morgan fingerprint density at radius 1 is 1.12 bits per heavy atom. The number of para-hydroxylation sites is 1. The van der Waals surface area contributed by atoms with Crippen LogP contribution in [0.15, 0.2) is 66.9 Å². The maximum atomic E-state index is 12.2. The van der Waals surface area contributed by atoms with Gasteiger partial charge in [0.25, 0.3) is 5.91 Å². The normalized spacial score (nSPS) is 10.2. The molecule has 3 rings (SSSR count). The van der Waals surface area contributed by atoms with Crippen LogP contribution in [0.4, 0.5) is 11.5 Å². The van der Waals surface area contributed by atoms with Crippen LogP contribution in [-0.4, -0.2) is 18.0 Å². The summed E-state index contributed by atoms with van der Waals surface area (Å²) in [7, 11) is 1.65. The molecule has 0 saturated carbocycles. The number of halogens is 1. The number of nitrogens with one attached hydrogen (secondary N) is 2. The Balaban J connectivity index is 1.60. The van der Waals surface area contributed by atoms with Gasteiger partial charge in [-0.1, -0.05) is 35.9 Å². The van der Waals surface area contributed by atoms with E-state index in [2.05, 4.69) is 15.6 Å². The Bertz CT molecular complexity index is 898. The lowest BCUT2D eigenvalue weighted by Crippen LogP contribution is -2.13. The van der Waals surface area contributed by atoms with E-state index >= 15 is 0 Å². The summed E-state index contributed by atoms with van der Waals surface area (Å²) >= 11 is 5.91. The molecule has 3 aromatic rings. The second kappa shape index (κ2) is 8.36. The van der Waals surface area contributed by atoms with Gasteiger partial charge in [0, 0.05) is 22.7 Å². The number of hydrogen-bond donors (Lipinski definition) is 2. The zero-order valence-corrected chi connectivity index (χ0v) is 15.0. The van der Waals surface area contributed by atoms with Crippen molar-refractivity contribution in [3.63, 3.8) is 0 Å². The van der Waals surface area contributed by atoms with Crippen LogP contribution in [0.1, 0.15) is 15.9 Å². The van der Waals surface area contributed by atoms with Crippen LogP contribution < -0.4 is 15.4 Å². The minimum absolute atomic E-state index is 0.255. The SMILES string of the molecule is COc1ccccc1CNc1ccc(NC(=O)c2cccc(Cl)c2)nc1. The topological polar surface area (TPSA) is 63.2 Å². The number of methoxy groups -OCH3 is 1. The molecule has 0 spiro atoms. The van der Waals surface area contributed by atoms with E-state index in [1.165, 1.54) is 0 Å². The summed E-state index contributed by atoms with van der Waals surface area (Å²) in [6.07, 6.45) is 1.67. The summed E-state index contributed by atoms with van der Waals surface area (Å²) in [6, 6.07) is 18.2. The molecule has 0 fully saturated rings. The van der Waals surface area contributed by atoms with Crippen molar-refractivity contribution in [3.8, 4) is 5.75 Å². The Kier molecular flexibility index (Phi) is 5.71. The fourth-order valence-electron chi connectivity index (χ4n) is 2.44. The summed E-state index contributed by atoms with van der Waals surface area (Å²) in [6.45, 7) is 0.611. The summed E-state index contributed by atoms with van der Waals surface area (Å²) in [5.74, 6) is 1.05. The third kappa shape index (κ3) is 4.52. The molecule has 0 atom stereocenters. The lowest BCUT2D eigenvalue weighted by molar-refractivity contribution is 0.102. The van der Waals surface area contributed by atoms with Gasteiger partial charge in [0.2, 0.25) is 0 Å². The molecular formula is C20H18ClN3O2. The number of ether oxygens (including phenoxy) is 1. The first-order valence-corrected chi connectivity index (χ1v) is 8.42. The second-order valence-corrected chi connectivity index (χ2v) is 6.00. The van der Waals surface area contributed by atoms with Gasteiger partial charge in [0.15, 0.2) is 0 Å². The van der Waals surface area contributed by atoms with Crippen LogP contribution in [0.3, 0.4) is 0 Å². The molecule has 2 aromatic carbocycles. The van der Waals surface area contributed by atoms with Crippen molar-refractivity contribution in [1.82, 2.24) is 4.98 Å². The van der Waals surface area contributed by atoms with E-state index in [1.807, 2.05) is 30.3 Å². The number of nitrogens with zero attached hydrogens (tertiary/aromatic N) is 1. The minimum atomic E-state index is -0.255. The van der Waals surface area contributed by atoms with E-state index in [0.717, 1.165) is 17.0 Å². The summed E-state index contributed by atoms with van der Waals surface area (Å²) in [5.41, 5.74) is 2.38. The smallest absolute Gasteiger partial charge is 0.256 e. The predicted octanol–water partition coefficient (Wildman–Crippen LogP) is 4.61. The summed E-state index contributed by atoms with van der Waals surface area (Å²) in [5, 5.41) is 6.55. The first-order chi connectivity index (χ1) is 12.7. The van der Waals surface area contributed by atoms with Gasteiger partial charge in [-0.15, -0.1) is 0 Å². The molecule has 1 aromatic heterocycles. The zero-order chi connectivity index (χ0) is 18.4. The van der Waals surface area contributed by atoms with Crippen molar-refractivity contribution in [2.75, 3.05) is 17.7 Å². The number of carbonyl (C=O) groups excluding carboxylic acids is 1. The summed E-state index contributed by atoms with van der Waals surface area (Å²) in [4.78, 5) is 16.5. The van der Waals surface area contributed by atoms with Gasteiger partial charge in [-0.05, 0) is 36.4 Å². The Morgan fingerprint density at radius 2 is 1.96 bits per heavy atom. The highest BCUT2D eigenvalue weighted by atomic mass is 35.5. The van der Waals surface area contributed by atoms with Gasteiger partial charge in [-0.2, -0.15) is 0 Å². The van der Waals surface area contributed by atoms with Crippen molar-refractivity contribution in [3.05, 3.63) is 83.0 Å². The van der Waals surface area contributed by atoms with Crippen LogP contribution in [0, 0.1) is 0 Å². The fraction of sp³-hybridized carbons (Fsp3) is 0.100. The molecule has 132 valence electrons. The number of carbonyl (C=O) groups is 1. The molecule has 0 aliphatic heterocycles. The molecule has 0 aliphatic carbocycles. The Labute approximate surface area is 157 Å². The Hall–Kier alpha value is -3.05. The molecule has 1 heterocycles. The third-order valence-corrected chi connectivity index (χ3v) is 4.00. The van der Waals surface area contributed by atoms with E-state index in [1.54, 1.807) is 43.6 Å². The van der Waals surface area contributed by atoms with Crippen molar-refractivity contribution in [2.24, 2.45) is 0 Å². The Morgan fingerprint density at radius 3 is 2.69 bits per heavy atom. The van der Waals surface area contributed by atoms with Crippen molar-refractivity contribution in [1.29, 1.82) is 0 Å². The molecule has 1 amide bonds. The van der Waals surface area contributed by atoms with Gasteiger partial charge >= 0.3 is 0 Å². The highest BCUT2D eigenvalue weighted by Gasteiger charge is 2.07. The van der Waals surface area contributed by atoms with E-state index in [-0.39, 0.29) is 5.91 Å². The van der Waals surface area contributed by atoms with Gasteiger partial charge in [-0.25, -0.2) is 4.98 Å². The highest BCUT2D eigenvalue weighted by Crippen LogP contribution is 2.19. The van der Waals surface area contributed by atoms with Crippen molar-refractivity contribution in [2.45, 2.75) is 6.54 Å². The average molecular weight is 368 g/mol. The minimum Gasteiger partial charge on any atom is -0.496 e. The lowest BCUT2D eigenvalue weighted by atomic mass is 10.2. The summed E-state index contributed by atoms with van der Waals surface area (Å²) < 4.78 is 5.33. The van der Waals surface area contributed by atoms with Crippen molar-refractivity contribution < 1.29 is 9.53 Å². The number of hydrogen-bond acceptors (Lipinski definition) is 4. The zero-order valence-electron chi connectivity index (χ0n) is 14.2. The molecular weight excluding hydrogens is 350 g/mol. The van der Waals surface area contributed by atoms with Gasteiger partial charge in [-0.3, -0.25) is 4.79 Å². The van der Waals surface area contributed by atoms with E-state index in [0.29, 0.717) is 22.9 Å². The second-order valence-electron chi connectivity index (χ2n) is 5.56. The van der Waals surface area contributed by atoms with Crippen LogP contribution in [0.25, 0.3) is 0 Å². The standard InChI is InChI=1S/C20H18ClN3O2/c1-26-18-8-3-2-5-15(18)12-22-17-9-10-19(23-13-17)24-20(25)14-6-4-7-16(21)11-14/h2-11,13,22H,12H2,1H3,(H,23,24,25). The van der Waals surface area contributed by atoms with E-state index in [4.69, 9.17) is 16.3 Å². The molecule has 0 radical (unpaired) electrons. The third-order valence-electron chi connectivity index (χ3n) is 3.77. The maximum absolute atomic E-state index is 12.2. The highest BCUT2D eigenvalue weighted by molar-refractivity contribution is 6.31. The molecule has 26 heavy (non-hydrogen) atoms.